The monoisotopic (exact) mass is 475 g/mol. The second-order valence-electron chi connectivity index (χ2n) is 6.57. The van der Waals surface area contributed by atoms with Crippen LogP contribution in [0.25, 0.3) is 10.9 Å². The average Bonchev–Trinajstić information content (AvgIpc) is 2.89. The van der Waals surface area contributed by atoms with Gasteiger partial charge in [0.2, 0.25) is 10.0 Å². The maximum Gasteiger partial charge on any atom is 0.265 e. The van der Waals surface area contributed by atoms with Crippen LogP contribution in [-0.2, 0) is 16.6 Å². The fraction of sp³-hybridized carbons (Fsp3) is 0.105. The van der Waals surface area contributed by atoms with E-state index in [0.29, 0.717) is 5.56 Å². The van der Waals surface area contributed by atoms with Crippen molar-refractivity contribution in [1.29, 1.82) is 0 Å². The first-order valence-electron chi connectivity index (χ1n) is 8.39. The quantitative estimate of drug-likeness (QED) is 0.442. The molecule has 29 heavy (non-hydrogen) atoms. The number of aromatic hydroxyl groups is 1. The molecule has 0 saturated heterocycles. The van der Waals surface area contributed by atoms with Crippen LogP contribution in [0.5, 0.6) is 5.75 Å². The number of pyridine rings is 1. The Kier molecular flexibility index (Phi) is 4.55. The van der Waals surface area contributed by atoms with Gasteiger partial charge in [-0.3, -0.25) is 24.2 Å². The number of benzene rings is 2. The van der Waals surface area contributed by atoms with E-state index in [0.717, 1.165) is 15.6 Å². The molecule has 1 aliphatic rings. The fourth-order valence-electron chi connectivity index (χ4n) is 3.33. The molecule has 2 heterocycles. The molecule has 8 nitrogen and oxygen atoms in total. The summed E-state index contributed by atoms with van der Waals surface area (Å²) in [4.78, 5) is 31.2. The van der Waals surface area contributed by atoms with Crippen molar-refractivity contribution >= 4 is 54.4 Å². The number of carbonyl (C=O) groups excluding carboxylic acids is 2. The standard InChI is InChI=1S/C19H14BrN3O5S/c1-29(27,28)22-15-12-6-3-7-21-16(12)17(24)14-13(15)18(25)23(19(14)26)9-10-4-2-5-11(20)8-10/h2-8,22,24H,9H2,1H3. The summed E-state index contributed by atoms with van der Waals surface area (Å²) in [6.45, 7) is -0.0344. The number of hydrogen-bond donors (Lipinski definition) is 2. The summed E-state index contributed by atoms with van der Waals surface area (Å²) in [5, 5.41) is 10.9. The summed E-state index contributed by atoms with van der Waals surface area (Å²) < 4.78 is 26.9. The number of sulfonamides is 1. The van der Waals surface area contributed by atoms with Gasteiger partial charge in [-0.15, -0.1) is 0 Å². The van der Waals surface area contributed by atoms with E-state index in [2.05, 4.69) is 25.6 Å². The van der Waals surface area contributed by atoms with E-state index in [1.807, 2.05) is 6.07 Å². The predicted octanol–water partition coefficient (Wildman–Crippen LogP) is 2.87. The van der Waals surface area contributed by atoms with E-state index in [9.17, 15) is 23.1 Å². The van der Waals surface area contributed by atoms with E-state index in [4.69, 9.17) is 0 Å². The Balaban J connectivity index is 1.93. The van der Waals surface area contributed by atoms with Crippen LogP contribution in [0.4, 0.5) is 5.69 Å². The molecule has 0 unspecified atom stereocenters. The number of halogens is 1. The Labute approximate surface area is 174 Å². The minimum Gasteiger partial charge on any atom is -0.505 e. The Morgan fingerprint density at radius 2 is 1.86 bits per heavy atom. The maximum absolute atomic E-state index is 13.1. The number of fused-ring (bicyclic) bond motifs is 2. The third-order valence-corrected chi connectivity index (χ3v) is 5.54. The topological polar surface area (TPSA) is 117 Å². The van der Waals surface area contributed by atoms with Gasteiger partial charge in [-0.05, 0) is 29.8 Å². The zero-order chi connectivity index (χ0) is 20.9. The van der Waals surface area contributed by atoms with Crippen molar-refractivity contribution in [2.24, 2.45) is 0 Å². The number of nitrogens with one attached hydrogen (secondary N) is 1. The number of anilines is 1. The highest BCUT2D eigenvalue weighted by Gasteiger charge is 2.42. The number of aromatic nitrogens is 1. The minimum absolute atomic E-state index is 0.0304. The molecule has 2 aromatic carbocycles. The highest BCUT2D eigenvalue weighted by Crippen LogP contribution is 2.42. The van der Waals surface area contributed by atoms with E-state index in [1.54, 1.807) is 24.3 Å². The van der Waals surface area contributed by atoms with Gasteiger partial charge in [-0.2, -0.15) is 0 Å². The SMILES string of the molecule is CS(=O)(=O)Nc1c2c(c(O)c3ncccc13)C(=O)N(Cc1cccc(Br)c1)C2=O. The van der Waals surface area contributed by atoms with Gasteiger partial charge in [-0.1, -0.05) is 28.1 Å². The molecule has 0 aliphatic carbocycles. The van der Waals surface area contributed by atoms with E-state index >= 15 is 0 Å². The summed E-state index contributed by atoms with van der Waals surface area (Å²) in [5.41, 5.74) is 0.200. The van der Waals surface area contributed by atoms with Crippen LogP contribution < -0.4 is 4.72 Å². The molecule has 3 aromatic rings. The zero-order valence-corrected chi connectivity index (χ0v) is 17.4. The zero-order valence-electron chi connectivity index (χ0n) is 15.0. The summed E-state index contributed by atoms with van der Waals surface area (Å²) in [6, 6.07) is 10.2. The normalized spacial score (nSPS) is 13.8. The number of rotatable bonds is 4. The molecule has 1 aromatic heterocycles. The molecular weight excluding hydrogens is 462 g/mol. The third-order valence-electron chi connectivity index (χ3n) is 4.47. The van der Waals surface area contributed by atoms with Gasteiger partial charge in [0.15, 0.2) is 5.75 Å². The molecule has 2 N–H and O–H groups in total. The summed E-state index contributed by atoms with van der Waals surface area (Å²) in [7, 11) is -3.77. The minimum atomic E-state index is -3.77. The van der Waals surface area contributed by atoms with Crippen molar-refractivity contribution < 1.29 is 23.1 Å². The lowest BCUT2D eigenvalue weighted by molar-refractivity contribution is 0.0642. The number of hydrogen-bond acceptors (Lipinski definition) is 6. The molecule has 10 heteroatoms. The van der Waals surface area contributed by atoms with E-state index in [1.165, 1.54) is 12.3 Å². The Bertz CT molecular complexity index is 1310. The molecule has 2 amide bonds. The Hall–Kier alpha value is -2.98. The van der Waals surface area contributed by atoms with Gasteiger partial charge >= 0.3 is 0 Å². The molecule has 0 atom stereocenters. The highest BCUT2D eigenvalue weighted by atomic mass is 79.9. The van der Waals surface area contributed by atoms with Gasteiger partial charge in [0.25, 0.3) is 11.8 Å². The lowest BCUT2D eigenvalue weighted by Gasteiger charge is -2.14. The van der Waals surface area contributed by atoms with E-state index < -0.39 is 27.6 Å². The summed E-state index contributed by atoms with van der Waals surface area (Å²) in [5.74, 6) is -1.87. The Morgan fingerprint density at radius 1 is 1.14 bits per heavy atom. The van der Waals surface area contributed by atoms with Crippen LogP contribution in [0.3, 0.4) is 0 Å². The lowest BCUT2D eigenvalue weighted by atomic mass is 10.0. The number of nitrogens with zero attached hydrogens (tertiary/aromatic N) is 2. The number of phenols is 1. The number of carbonyl (C=O) groups is 2. The van der Waals surface area contributed by atoms with Gasteiger partial charge in [0.05, 0.1) is 29.6 Å². The molecule has 148 valence electrons. The van der Waals surface area contributed by atoms with Gasteiger partial charge < -0.3 is 5.11 Å². The van der Waals surface area contributed by atoms with Crippen molar-refractivity contribution in [1.82, 2.24) is 9.88 Å². The smallest absolute Gasteiger partial charge is 0.265 e. The van der Waals surface area contributed by atoms with E-state index in [-0.39, 0.29) is 34.3 Å². The number of phenolic OH excluding ortho intramolecular Hbond substituents is 1. The second kappa shape index (κ2) is 6.82. The molecule has 0 fully saturated rings. The van der Waals surface area contributed by atoms with Crippen LogP contribution in [0.15, 0.2) is 47.1 Å². The second-order valence-corrected chi connectivity index (χ2v) is 9.24. The van der Waals surface area contributed by atoms with Crippen molar-refractivity contribution in [2.75, 3.05) is 11.0 Å². The number of imide groups is 1. The van der Waals surface area contributed by atoms with Gasteiger partial charge in [0, 0.05) is 16.1 Å². The molecular formula is C19H14BrN3O5S. The first-order valence-corrected chi connectivity index (χ1v) is 11.1. The molecule has 0 spiro atoms. The lowest BCUT2D eigenvalue weighted by Crippen LogP contribution is -2.29. The van der Waals surface area contributed by atoms with Crippen molar-refractivity contribution in [3.8, 4) is 5.75 Å². The molecule has 0 radical (unpaired) electrons. The molecule has 0 saturated carbocycles. The number of amides is 2. The summed E-state index contributed by atoms with van der Waals surface area (Å²) >= 11 is 3.34. The molecule has 0 bridgehead atoms. The fourth-order valence-corrected chi connectivity index (χ4v) is 4.36. The molecule has 4 rings (SSSR count). The van der Waals surface area contributed by atoms with Crippen LogP contribution in [0.1, 0.15) is 26.3 Å². The average molecular weight is 476 g/mol. The molecule has 1 aliphatic heterocycles. The first-order chi connectivity index (χ1) is 13.7. The largest absolute Gasteiger partial charge is 0.505 e. The Morgan fingerprint density at radius 3 is 2.55 bits per heavy atom. The highest BCUT2D eigenvalue weighted by molar-refractivity contribution is 9.10. The van der Waals surface area contributed by atoms with Gasteiger partial charge in [0.1, 0.15) is 5.52 Å². The summed E-state index contributed by atoms with van der Waals surface area (Å²) in [6.07, 6.45) is 2.34. The van der Waals surface area contributed by atoms with Crippen LogP contribution in [0.2, 0.25) is 0 Å². The third kappa shape index (κ3) is 3.34. The van der Waals surface area contributed by atoms with Crippen molar-refractivity contribution in [3.63, 3.8) is 0 Å². The van der Waals surface area contributed by atoms with Crippen molar-refractivity contribution in [3.05, 3.63) is 63.8 Å². The van der Waals surface area contributed by atoms with Crippen molar-refractivity contribution in [2.45, 2.75) is 6.54 Å². The maximum atomic E-state index is 13.1. The van der Waals surface area contributed by atoms with Gasteiger partial charge in [-0.25, -0.2) is 8.42 Å². The van der Waals surface area contributed by atoms with Crippen LogP contribution >= 0.6 is 15.9 Å². The first kappa shape index (κ1) is 19.3. The van der Waals surface area contributed by atoms with Crippen LogP contribution in [-0.4, -0.2) is 41.5 Å². The predicted molar refractivity (Wildman–Crippen MR) is 110 cm³/mol. The van der Waals surface area contributed by atoms with Crippen LogP contribution in [0, 0.1) is 0 Å².